The molecule has 0 unspecified atom stereocenters. The second kappa shape index (κ2) is 13.0. The Balaban J connectivity index is 1.61. The highest BCUT2D eigenvalue weighted by Gasteiger charge is 2.29. The molecular formula is C29H33FI2N6O2. The van der Waals surface area contributed by atoms with E-state index in [1.807, 2.05) is 57.0 Å². The van der Waals surface area contributed by atoms with Crippen LogP contribution in [0, 0.1) is 11.2 Å². The number of ether oxygens (including phenoxy) is 1. The lowest BCUT2D eigenvalue weighted by molar-refractivity contribution is 0.0203. The highest BCUT2D eigenvalue weighted by atomic mass is 127. The summed E-state index contributed by atoms with van der Waals surface area (Å²) in [5.74, 6) is 1.30. The lowest BCUT2D eigenvalue weighted by Crippen LogP contribution is -2.41. The number of piperidine rings is 1. The van der Waals surface area contributed by atoms with Crippen molar-refractivity contribution in [1.29, 1.82) is 5.41 Å². The molecule has 0 bridgehead atoms. The van der Waals surface area contributed by atoms with E-state index in [9.17, 15) is 9.18 Å². The average Bonchev–Trinajstić information content (AvgIpc) is 2.93. The molecule has 1 amide bonds. The number of hydrogen-bond acceptors (Lipinski definition) is 6. The lowest BCUT2D eigenvalue weighted by atomic mass is 9.93. The fraction of sp³-hybridized carbons (Fsp3) is 0.379. The summed E-state index contributed by atoms with van der Waals surface area (Å²) in [6, 6.07) is 15.7. The highest BCUT2D eigenvalue weighted by Crippen LogP contribution is 2.30. The Labute approximate surface area is 261 Å². The van der Waals surface area contributed by atoms with Gasteiger partial charge in [0.25, 0.3) is 0 Å². The van der Waals surface area contributed by atoms with E-state index in [0.29, 0.717) is 18.9 Å². The van der Waals surface area contributed by atoms with Crippen LogP contribution >= 0.6 is 45.2 Å². The molecule has 212 valence electrons. The molecule has 0 saturated carbocycles. The van der Waals surface area contributed by atoms with Crippen molar-refractivity contribution in [3.63, 3.8) is 0 Å². The number of halogens is 3. The number of pyridine rings is 1. The smallest absolute Gasteiger partial charge is 0.410 e. The van der Waals surface area contributed by atoms with Crippen LogP contribution in [0.3, 0.4) is 0 Å². The molecule has 0 atom stereocenters. The van der Waals surface area contributed by atoms with Gasteiger partial charge in [-0.25, -0.2) is 14.2 Å². The monoisotopic (exact) mass is 770 g/mol. The van der Waals surface area contributed by atoms with E-state index < -0.39 is 5.60 Å². The molecule has 1 saturated heterocycles. The van der Waals surface area contributed by atoms with Gasteiger partial charge in [-0.15, -0.1) is 0 Å². The zero-order valence-corrected chi connectivity index (χ0v) is 27.3. The second-order valence-electron chi connectivity index (χ2n) is 10.6. The molecule has 0 aliphatic carbocycles. The van der Waals surface area contributed by atoms with Crippen LogP contribution in [0.25, 0.3) is 17.1 Å². The summed E-state index contributed by atoms with van der Waals surface area (Å²) in [5.41, 5.74) is 2.16. The van der Waals surface area contributed by atoms with Crippen LogP contribution in [-0.4, -0.2) is 55.9 Å². The van der Waals surface area contributed by atoms with Gasteiger partial charge < -0.3 is 14.5 Å². The number of hydrogen-bond donors (Lipinski definition) is 1. The predicted molar refractivity (Wildman–Crippen MR) is 172 cm³/mol. The first kappa shape index (κ1) is 30.4. The van der Waals surface area contributed by atoms with Crippen molar-refractivity contribution in [2.75, 3.05) is 29.5 Å². The third-order valence-electron chi connectivity index (χ3n) is 6.52. The first-order valence-electron chi connectivity index (χ1n) is 13.0. The van der Waals surface area contributed by atoms with Gasteiger partial charge >= 0.3 is 6.09 Å². The topological polar surface area (TPSA) is 87.3 Å². The van der Waals surface area contributed by atoms with Gasteiger partial charge in [0.2, 0.25) is 0 Å². The van der Waals surface area contributed by atoms with Crippen molar-refractivity contribution in [3.8, 4) is 11.3 Å². The second-order valence-corrected chi connectivity index (χ2v) is 12.7. The van der Waals surface area contributed by atoms with Gasteiger partial charge in [-0.2, -0.15) is 9.78 Å². The molecule has 0 spiro atoms. The van der Waals surface area contributed by atoms with E-state index in [-0.39, 0.29) is 23.3 Å². The number of aromatic nitrogens is 3. The van der Waals surface area contributed by atoms with Crippen LogP contribution in [0.1, 0.15) is 45.2 Å². The number of alkyl halides is 1. The number of nitrogens with zero attached hydrogens (tertiary/aromatic N) is 5. The average molecular weight is 770 g/mol. The SMILES string of the molecule is CN(/C(=C(/I)CI)n1nc(C2CCN(C(=O)OC(C)(C)C)CC2)ccc1=N)c1cccc(-c2ccc(F)cc2)n1. The Hall–Kier alpha value is -2.55. The first-order valence-corrected chi connectivity index (χ1v) is 15.6. The molecule has 8 nitrogen and oxygen atoms in total. The molecular weight excluding hydrogens is 737 g/mol. The number of allylic oxidation sites excluding steroid dienone is 1. The Morgan fingerprint density at radius 3 is 2.42 bits per heavy atom. The third kappa shape index (κ3) is 7.39. The molecule has 4 rings (SSSR count). The standard InChI is InChI=1S/C29H33FI2N6O2/c1-29(2,3)40-28(39)37-16-14-20(15-17-37)24-12-13-25(33)38(35-24)27(22(32)18-31)36(4)26-7-5-6-23(34-26)19-8-10-21(30)11-9-19/h5-13,20,33H,14-18H2,1-4H3/b27-22-,33-25?. The molecule has 11 heteroatoms. The molecule has 1 N–H and O–H groups in total. The largest absolute Gasteiger partial charge is 0.444 e. The summed E-state index contributed by atoms with van der Waals surface area (Å²) in [6.07, 6.45) is 1.25. The number of carbonyl (C=O) groups excluding carboxylic acids is 1. The maximum atomic E-state index is 13.5. The van der Waals surface area contributed by atoms with Crippen LogP contribution in [0.2, 0.25) is 0 Å². The van der Waals surface area contributed by atoms with E-state index in [1.165, 1.54) is 12.1 Å². The molecule has 3 heterocycles. The minimum atomic E-state index is -0.525. The summed E-state index contributed by atoms with van der Waals surface area (Å²) in [6.45, 7) is 6.80. The Morgan fingerprint density at radius 1 is 1.12 bits per heavy atom. The predicted octanol–water partition coefficient (Wildman–Crippen LogP) is 6.81. The number of amides is 1. The lowest BCUT2D eigenvalue weighted by Gasteiger charge is -2.33. The summed E-state index contributed by atoms with van der Waals surface area (Å²) in [4.78, 5) is 21.0. The Morgan fingerprint density at radius 2 is 1.80 bits per heavy atom. The molecule has 0 radical (unpaired) electrons. The van der Waals surface area contributed by atoms with E-state index in [4.69, 9.17) is 20.2 Å². The zero-order valence-electron chi connectivity index (χ0n) is 23.0. The summed E-state index contributed by atoms with van der Waals surface area (Å²) in [5, 5.41) is 13.7. The number of nitrogens with one attached hydrogen (secondary N) is 1. The van der Waals surface area contributed by atoms with Crippen molar-refractivity contribution >= 4 is 62.9 Å². The normalized spacial score (nSPS) is 15.0. The number of carbonyl (C=O) groups is 1. The summed E-state index contributed by atoms with van der Waals surface area (Å²) >= 11 is 4.61. The fourth-order valence-corrected chi connectivity index (χ4v) is 5.43. The van der Waals surface area contributed by atoms with Crippen molar-refractivity contribution in [1.82, 2.24) is 19.7 Å². The summed E-state index contributed by atoms with van der Waals surface area (Å²) < 4.78 is 22.4. The first-order chi connectivity index (χ1) is 19.0. The van der Waals surface area contributed by atoms with Gasteiger partial charge in [0.15, 0.2) is 0 Å². The number of benzene rings is 1. The quantitative estimate of drug-likeness (QED) is 0.220. The van der Waals surface area contributed by atoms with Crippen molar-refractivity contribution < 1.29 is 13.9 Å². The van der Waals surface area contributed by atoms with Crippen LogP contribution in [-0.2, 0) is 4.74 Å². The maximum absolute atomic E-state index is 13.5. The summed E-state index contributed by atoms with van der Waals surface area (Å²) in [7, 11) is 1.91. The molecule has 1 aliphatic rings. The Bertz CT molecular complexity index is 1440. The zero-order chi connectivity index (χ0) is 29.0. The third-order valence-corrected chi connectivity index (χ3v) is 9.60. The molecule has 40 heavy (non-hydrogen) atoms. The van der Waals surface area contributed by atoms with Gasteiger partial charge in [0, 0.05) is 39.6 Å². The number of likely N-dealkylation sites (tertiary alicyclic amines) is 1. The van der Waals surface area contributed by atoms with Crippen LogP contribution in [0.15, 0.2) is 58.2 Å². The Kier molecular flexibility index (Phi) is 9.85. The van der Waals surface area contributed by atoms with Crippen LogP contribution in [0.4, 0.5) is 15.0 Å². The van der Waals surface area contributed by atoms with E-state index in [2.05, 4.69) is 45.2 Å². The van der Waals surface area contributed by atoms with Gasteiger partial charge in [-0.3, -0.25) is 5.41 Å². The molecule has 1 aromatic carbocycles. The molecule has 1 fully saturated rings. The number of anilines is 1. The molecule has 2 aromatic heterocycles. The van der Waals surface area contributed by atoms with Crippen LogP contribution < -0.4 is 10.4 Å². The molecule has 1 aliphatic heterocycles. The van der Waals surface area contributed by atoms with Gasteiger partial charge in [-0.05, 0) is 105 Å². The van der Waals surface area contributed by atoms with Gasteiger partial charge in [0.1, 0.15) is 28.5 Å². The van der Waals surface area contributed by atoms with Gasteiger partial charge in [0.05, 0.1) is 11.4 Å². The van der Waals surface area contributed by atoms with Crippen molar-refractivity contribution in [3.05, 3.63) is 75.2 Å². The van der Waals surface area contributed by atoms with Gasteiger partial charge in [-0.1, -0.05) is 28.7 Å². The minimum Gasteiger partial charge on any atom is -0.444 e. The maximum Gasteiger partial charge on any atom is 0.410 e. The number of rotatable bonds is 6. The molecule has 3 aromatic rings. The fourth-order valence-electron chi connectivity index (χ4n) is 4.50. The van der Waals surface area contributed by atoms with Crippen molar-refractivity contribution in [2.45, 2.75) is 45.1 Å². The van der Waals surface area contributed by atoms with E-state index in [1.54, 1.807) is 27.8 Å². The van der Waals surface area contributed by atoms with Crippen molar-refractivity contribution in [2.24, 2.45) is 0 Å². The van der Waals surface area contributed by atoms with Crippen LogP contribution in [0.5, 0.6) is 0 Å². The minimum absolute atomic E-state index is 0.161. The highest BCUT2D eigenvalue weighted by molar-refractivity contribution is 14.1. The van der Waals surface area contributed by atoms with E-state index >= 15 is 0 Å². The van der Waals surface area contributed by atoms with E-state index in [0.717, 1.165) is 43.6 Å².